The predicted octanol–water partition coefficient (Wildman–Crippen LogP) is 2.88. The van der Waals surface area contributed by atoms with E-state index in [1.165, 1.54) is 0 Å². The topological polar surface area (TPSA) is 37.4 Å². The van der Waals surface area contributed by atoms with Crippen molar-refractivity contribution >= 4 is 11.8 Å². The van der Waals surface area contributed by atoms with E-state index in [9.17, 15) is 27.2 Å². The van der Waals surface area contributed by atoms with Crippen LogP contribution in [0.5, 0.6) is 0 Å². The Morgan fingerprint density at radius 2 is 1.70 bits per heavy atom. The molecule has 0 spiro atoms. The highest BCUT2D eigenvalue weighted by atomic mass is 19.4. The van der Waals surface area contributed by atoms with E-state index in [1.807, 2.05) is 0 Å². The Hall–Kier alpha value is -1.92. The Labute approximate surface area is 112 Å². The number of likely N-dealkylation sites (tertiary alicyclic amines) is 1. The molecular weight excluding hydrogens is 278 g/mol. The number of rotatable bonds is 2. The number of carbonyl (C=O) groups excluding carboxylic acids is 2. The van der Waals surface area contributed by atoms with Gasteiger partial charge in [-0.1, -0.05) is 6.07 Å². The van der Waals surface area contributed by atoms with E-state index < -0.39 is 17.6 Å². The van der Waals surface area contributed by atoms with Gasteiger partial charge in [-0.05, 0) is 24.1 Å². The molecule has 1 saturated heterocycles. The maximum atomic E-state index is 13.4. The molecule has 1 aromatic carbocycles. The molecule has 0 atom stereocenters. The average Bonchev–Trinajstić information content (AvgIpc) is 2.32. The molecule has 1 fully saturated rings. The van der Waals surface area contributed by atoms with Gasteiger partial charge in [-0.2, -0.15) is 13.2 Å². The van der Waals surface area contributed by atoms with Crippen LogP contribution in [0.1, 0.15) is 30.4 Å². The maximum Gasteiger partial charge on any atom is 0.419 e. The second-order valence-corrected chi connectivity index (χ2v) is 4.54. The van der Waals surface area contributed by atoms with Gasteiger partial charge in [0.1, 0.15) is 5.82 Å². The molecular formula is C13H11F4NO2. The summed E-state index contributed by atoms with van der Waals surface area (Å²) >= 11 is 0. The summed E-state index contributed by atoms with van der Waals surface area (Å²) in [7, 11) is 0. The number of halogens is 4. The lowest BCUT2D eigenvalue weighted by molar-refractivity contribution is -0.149. The fourth-order valence-corrected chi connectivity index (χ4v) is 2.05. The van der Waals surface area contributed by atoms with E-state index in [4.69, 9.17) is 0 Å². The van der Waals surface area contributed by atoms with Crippen LogP contribution in [0, 0.1) is 5.82 Å². The van der Waals surface area contributed by atoms with Crippen molar-refractivity contribution in [1.29, 1.82) is 0 Å². The van der Waals surface area contributed by atoms with Crippen molar-refractivity contribution < 1.29 is 27.2 Å². The number of hydrogen-bond acceptors (Lipinski definition) is 2. The predicted molar refractivity (Wildman–Crippen MR) is 60.8 cm³/mol. The fraction of sp³-hybridized carbons (Fsp3) is 0.385. The third-order valence-corrected chi connectivity index (χ3v) is 3.06. The molecule has 0 unspecified atom stereocenters. The molecule has 3 nitrogen and oxygen atoms in total. The van der Waals surface area contributed by atoms with Gasteiger partial charge in [0, 0.05) is 12.8 Å². The number of imide groups is 1. The zero-order valence-corrected chi connectivity index (χ0v) is 10.3. The minimum absolute atomic E-state index is 0.152. The number of hydrogen-bond donors (Lipinski definition) is 0. The molecule has 1 aliphatic heterocycles. The summed E-state index contributed by atoms with van der Waals surface area (Å²) < 4.78 is 50.6. The lowest BCUT2D eigenvalue weighted by atomic mass is 10.1. The van der Waals surface area contributed by atoms with E-state index >= 15 is 0 Å². The smallest absolute Gasteiger partial charge is 0.278 e. The van der Waals surface area contributed by atoms with E-state index in [-0.39, 0.29) is 36.8 Å². The molecule has 7 heteroatoms. The SMILES string of the molecule is O=C1CCCC(=O)N1Cc1ccc(C(F)(F)F)c(F)c1. The first-order valence-corrected chi connectivity index (χ1v) is 5.98. The van der Waals surface area contributed by atoms with Gasteiger partial charge in [0.15, 0.2) is 0 Å². The molecule has 0 radical (unpaired) electrons. The van der Waals surface area contributed by atoms with Crippen molar-refractivity contribution in [3.8, 4) is 0 Å². The highest BCUT2D eigenvalue weighted by Gasteiger charge is 2.34. The Morgan fingerprint density at radius 3 is 2.20 bits per heavy atom. The highest BCUT2D eigenvalue weighted by Crippen LogP contribution is 2.31. The van der Waals surface area contributed by atoms with Crippen LogP contribution in [0.25, 0.3) is 0 Å². The van der Waals surface area contributed by atoms with E-state index in [0.29, 0.717) is 18.6 Å². The van der Waals surface area contributed by atoms with Crippen LogP contribution in [0.4, 0.5) is 17.6 Å². The van der Waals surface area contributed by atoms with Crippen LogP contribution in [0.2, 0.25) is 0 Å². The van der Waals surface area contributed by atoms with Crippen molar-refractivity contribution in [2.45, 2.75) is 32.0 Å². The maximum absolute atomic E-state index is 13.4. The number of alkyl halides is 3. The van der Waals surface area contributed by atoms with Crippen molar-refractivity contribution in [3.05, 3.63) is 35.1 Å². The number of carbonyl (C=O) groups is 2. The van der Waals surface area contributed by atoms with Crippen LogP contribution < -0.4 is 0 Å². The van der Waals surface area contributed by atoms with Crippen LogP contribution in [0.15, 0.2) is 18.2 Å². The van der Waals surface area contributed by atoms with Gasteiger partial charge in [-0.25, -0.2) is 4.39 Å². The number of amides is 2. The zero-order chi connectivity index (χ0) is 14.9. The molecule has 108 valence electrons. The van der Waals surface area contributed by atoms with Gasteiger partial charge in [0.2, 0.25) is 11.8 Å². The molecule has 1 aromatic rings. The third kappa shape index (κ3) is 2.97. The van der Waals surface area contributed by atoms with Gasteiger partial charge >= 0.3 is 6.18 Å². The minimum atomic E-state index is -4.76. The van der Waals surface area contributed by atoms with E-state index in [0.717, 1.165) is 11.0 Å². The van der Waals surface area contributed by atoms with Crippen molar-refractivity contribution in [2.24, 2.45) is 0 Å². The molecule has 0 N–H and O–H groups in total. The Bertz CT molecular complexity index is 538. The largest absolute Gasteiger partial charge is 0.419 e. The number of benzene rings is 1. The molecule has 2 rings (SSSR count). The zero-order valence-electron chi connectivity index (χ0n) is 10.3. The van der Waals surface area contributed by atoms with Crippen LogP contribution in [-0.4, -0.2) is 16.7 Å². The van der Waals surface area contributed by atoms with E-state index in [1.54, 1.807) is 0 Å². The van der Waals surface area contributed by atoms with Gasteiger partial charge in [0.25, 0.3) is 0 Å². The average molecular weight is 289 g/mol. The Balaban J connectivity index is 2.20. The lowest BCUT2D eigenvalue weighted by Crippen LogP contribution is -2.39. The van der Waals surface area contributed by atoms with Crippen molar-refractivity contribution in [1.82, 2.24) is 4.90 Å². The van der Waals surface area contributed by atoms with Gasteiger partial charge < -0.3 is 0 Å². The molecule has 1 heterocycles. The van der Waals surface area contributed by atoms with Gasteiger partial charge in [-0.15, -0.1) is 0 Å². The summed E-state index contributed by atoms with van der Waals surface area (Å²) in [6, 6.07) is 2.39. The first-order chi connectivity index (χ1) is 9.29. The van der Waals surface area contributed by atoms with Gasteiger partial charge in [-0.3, -0.25) is 14.5 Å². The lowest BCUT2D eigenvalue weighted by Gasteiger charge is -2.25. The molecule has 0 aromatic heterocycles. The van der Waals surface area contributed by atoms with E-state index in [2.05, 4.69) is 0 Å². The third-order valence-electron chi connectivity index (χ3n) is 3.06. The first-order valence-electron chi connectivity index (χ1n) is 5.98. The normalized spacial score (nSPS) is 16.7. The Morgan fingerprint density at radius 1 is 1.10 bits per heavy atom. The van der Waals surface area contributed by atoms with Crippen LogP contribution in [-0.2, 0) is 22.3 Å². The highest BCUT2D eigenvalue weighted by molar-refractivity contribution is 5.97. The van der Waals surface area contributed by atoms with Crippen molar-refractivity contribution in [3.63, 3.8) is 0 Å². The standard InChI is InChI=1S/C13H11F4NO2/c14-10-6-8(4-5-9(10)13(15,16)17)7-18-11(19)2-1-3-12(18)20/h4-6H,1-3,7H2. The molecule has 2 amide bonds. The molecule has 20 heavy (non-hydrogen) atoms. The summed E-state index contributed by atoms with van der Waals surface area (Å²) in [6.07, 6.45) is -3.86. The number of nitrogens with zero attached hydrogens (tertiary/aromatic N) is 1. The molecule has 0 saturated carbocycles. The Kier molecular flexibility index (Phi) is 3.78. The quantitative estimate of drug-likeness (QED) is 0.620. The second kappa shape index (κ2) is 5.22. The fourth-order valence-electron chi connectivity index (χ4n) is 2.05. The monoisotopic (exact) mass is 289 g/mol. The summed E-state index contributed by atoms with van der Waals surface area (Å²) in [5.74, 6) is -2.19. The van der Waals surface area contributed by atoms with Gasteiger partial charge in [0.05, 0.1) is 12.1 Å². The van der Waals surface area contributed by atoms with Crippen LogP contribution in [0.3, 0.4) is 0 Å². The second-order valence-electron chi connectivity index (χ2n) is 4.54. The minimum Gasteiger partial charge on any atom is -0.278 e. The summed E-state index contributed by atoms with van der Waals surface area (Å²) in [5, 5.41) is 0. The molecule has 1 aliphatic rings. The first kappa shape index (κ1) is 14.5. The summed E-state index contributed by atoms with van der Waals surface area (Å²) in [5.41, 5.74) is -1.21. The van der Waals surface area contributed by atoms with Crippen molar-refractivity contribution in [2.75, 3.05) is 0 Å². The summed E-state index contributed by atoms with van der Waals surface area (Å²) in [4.78, 5) is 24.1. The molecule has 0 bridgehead atoms. The molecule has 0 aliphatic carbocycles. The van der Waals surface area contributed by atoms with Crippen LogP contribution >= 0.6 is 0 Å². The summed E-state index contributed by atoms with van der Waals surface area (Å²) in [6.45, 7) is -0.202. The number of piperidine rings is 1.